The van der Waals surface area contributed by atoms with Gasteiger partial charge in [0.25, 0.3) is 0 Å². The Morgan fingerprint density at radius 1 is 0.906 bits per heavy atom. The monoisotopic (exact) mass is 440 g/mol. The van der Waals surface area contributed by atoms with Crippen LogP contribution < -0.4 is 0 Å². The molecule has 6 rings (SSSR count). The average Bonchev–Trinajstić information content (AvgIpc) is 3.08. The highest BCUT2D eigenvalue weighted by Gasteiger charge is 2.77. The molecule has 0 aromatic heterocycles. The van der Waals surface area contributed by atoms with E-state index in [1.54, 1.807) is 0 Å². The zero-order valence-electron chi connectivity index (χ0n) is 21.1. The van der Waals surface area contributed by atoms with E-state index in [4.69, 9.17) is 0 Å². The van der Waals surface area contributed by atoms with Gasteiger partial charge in [0.2, 0.25) is 0 Å². The van der Waals surface area contributed by atoms with Crippen molar-refractivity contribution in [3.8, 4) is 0 Å². The summed E-state index contributed by atoms with van der Waals surface area (Å²) in [5.41, 5.74) is 1.80. The predicted octanol–water partition coefficient (Wildman–Crippen LogP) is 6.45. The molecule has 4 bridgehead atoms. The molecule has 0 saturated heterocycles. The lowest BCUT2D eigenvalue weighted by atomic mass is 9.34. The minimum atomic E-state index is -0.511. The lowest BCUT2D eigenvalue weighted by Gasteiger charge is -2.70. The van der Waals surface area contributed by atoms with Crippen LogP contribution in [0.15, 0.2) is 11.6 Å². The number of aliphatic hydroxyl groups is 1. The first-order valence-electron chi connectivity index (χ1n) is 13.4. The van der Waals surface area contributed by atoms with Gasteiger partial charge in [-0.2, -0.15) is 0 Å². The van der Waals surface area contributed by atoms with Crippen LogP contribution in [0.4, 0.5) is 0 Å². The van der Waals surface area contributed by atoms with Crippen LogP contribution >= 0.6 is 0 Å². The van der Waals surface area contributed by atoms with Crippen LogP contribution in [0.2, 0.25) is 0 Å². The minimum absolute atomic E-state index is 0.0230. The van der Waals surface area contributed by atoms with Crippen molar-refractivity contribution in [3.05, 3.63) is 11.6 Å². The molecule has 6 aliphatic carbocycles. The van der Waals surface area contributed by atoms with Crippen molar-refractivity contribution < 1.29 is 15.0 Å². The fraction of sp³-hybridized carbons (Fsp3) is 0.897. The Bertz CT molecular complexity index is 919. The van der Waals surface area contributed by atoms with Crippen LogP contribution in [0.3, 0.4) is 0 Å². The Morgan fingerprint density at radius 3 is 2.31 bits per heavy atom. The quantitative estimate of drug-likeness (QED) is 0.460. The van der Waals surface area contributed by atoms with Crippen LogP contribution in [0.1, 0.15) is 99.3 Å². The van der Waals surface area contributed by atoms with Gasteiger partial charge >= 0.3 is 5.97 Å². The molecule has 0 spiro atoms. The summed E-state index contributed by atoms with van der Waals surface area (Å²) in [6.45, 7) is 14.7. The fourth-order valence-electron chi connectivity index (χ4n) is 11.8. The van der Waals surface area contributed by atoms with Gasteiger partial charge in [0, 0.05) is 0 Å². The van der Waals surface area contributed by atoms with Crippen LogP contribution in [-0.2, 0) is 4.79 Å². The summed E-state index contributed by atoms with van der Waals surface area (Å²) in [5, 5.41) is 21.4. The Kier molecular flexibility index (Phi) is 3.97. The SMILES string of the molecule is CC12CCC3(C(=O)O)C(C1)C1=CCC4C5(C)CCC(O)C(C)(C)C5CCC4(C)C1(C)CC23. The molecular formula is C29H44O3. The highest BCUT2D eigenvalue weighted by molar-refractivity contribution is 5.78. The molecular weight excluding hydrogens is 396 g/mol. The lowest BCUT2D eigenvalue weighted by molar-refractivity contribution is -0.204. The van der Waals surface area contributed by atoms with Gasteiger partial charge in [0.05, 0.1) is 11.5 Å². The molecule has 32 heavy (non-hydrogen) atoms. The number of carboxylic acid groups (broad SMARTS) is 1. The van der Waals surface area contributed by atoms with Crippen molar-refractivity contribution in [1.29, 1.82) is 0 Å². The number of fused-ring (bicyclic) bond motifs is 6. The second kappa shape index (κ2) is 5.86. The van der Waals surface area contributed by atoms with Crippen molar-refractivity contribution in [1.82, 2.24) is 0 Å². The summed E-state index contributed by atoms with van der Waals surface area (Å²) in [7, 11) is 0. The van der Waals surface area contributed by atoms with Gasteiger partial charge in [0.15, 0.2) is 0 Å². The molecule has 10 atom stereocenters. The van der Waals surface area contributed by atoms with E-state index in [2.05, 4.69) is 47.6 Å². The maximum atomic E-state index is 12.8. The van der Waals surface area contributed by atoms with Crippen LogP contribution in [0, 0.1) is 56.2 Å². The highest BCUT2D eigenvalue weighted by atomic mass is 16.4. The maximum Gasteiger partial charge on any atom is 0.310 e. The molecule has 5 fully saturated rings. The van der Waals surface area contributed by atoms with Gasteiger partial charge in [-0.05, 0) is 109 Å². The lowest BCUT2D eigenvalue weighted by Crippen LogP contribution is -2.64. The molecule has 3 heteroatoms. The van der Waals surface area contributed by atoms with E-state index in [0.717, 1.165) is 44.9 Å². The van der Waals surface area contributed by atoms with Gasteiger partial charge in [-0.25, -0.2) is 0 Å². The normalized spacial score (nSPS) is 59.6. The van der Waals surface area contributed by atoms with Crippen molar-refractivity contribution in [2.75, 3.05) is 0 Å². The van der Waals surface area contributed by atoms with Gasteiger partial charge in [0.1, 0.15) is 0 Å². The molecule has 2 N–H and O–H groups in total. The number of aliphatic hydroxyl groups excluding tert-OH is 1. The van der Waals surface area contributed by atoms with E-state index in [1.165, 1.54) is 18.4 Å². The molecule has 0 radical (unpaired) electrons. The second-order valence-corrected chi connectivity index (χ2v) is 14.7. The van der Waals surface area contributed by atoms with Crippen molar-refractivity contribution in [2.45, 2.75) is 105 Å². The standard InChI is InChI=1S/C29H44O3/c1-24(2)19-9-12-27(5)20(26(19,4)11-10-22(24)30)8-7-17-18-15-25(3)13-14-29(18,23(31)32)21(25)16-28(17,27)6/h7,18-22,30H,8-16H2,1-6H3,(H,31,32). The van der Waals surface area contributed by atoms with E-state index in [-0.39, 0.29) is 39.1 Å². The van der Waals surface area contributed by atoms with Crippen molar-refractivity contribution in [2.24, 2.45) is 56.2 Å². The first kappa shape index (κ1) is 21.7. The third-order valence-electron chi connectivity index (χ3n) is 13.7. The second-order valence-electron chi connectivity index (χ2n) is 14.7. The Morgan fingerprint density at radius 2 is 1.62 bits per heavy atom. The van der Waals surface area contributed by atoms with Crippen molar-refractivity contribution >= 4 is 5.97 Å². The van der Waals surface area contributed by atoms with Gasteiger partial charge in [-0.1, -0.05) is 53.2 Å². The highest BCUT2D eigenvalue weighted by Crippen LogP contribution is 2.82. The summed E-state index contributed by atoms with van der Waals surface area (Å²) in [6, 6.07) is 0. The number of hydrogen-bond acceptors (Lipinski definition) is 2. The number of allylic oxidation sites excluding steroid dienone is 2. The van der Waals surface area contributed by atoms with Gasteiger partial charge < -0.3 is 10.2 Å². The zero-order chi connectivity index (χ0) is 23.1. The average molecular weight is 441 g/mol. The summed E-state index contributed by atoms with van der Waals surface area (Å²) >= 11 is 0. The zero-order valence-corrected chi connectivity index (χ0v) is 21.1. The van der Waals surface area contributed by atoms with Crippen LogP contribution in [-0.4, -0.2) is 22.3 Å². The number of rotatable bonds is 1. The third-order valence-corrected chi connectivity index (χ3v) is 13.7. The number of aliphatic carboxylic acids is 1. The molecule has 0 amide bonds. The predicted molar refractivity (Wildman–Crippen MR) is 126 cm³/mol. The molecule has 0 aromatic rings. The van der Waals surface area contributed by atoms with Gasteiger partial charge in [-0.3, -0.25) is 4.79 Å². The largest absolute Gasteiger partial charge is 0.481 e. The molecule has 178 valence electrons. The van der Waals surface area contributed by atoms with E-state index in [9.17, 15) is 15.0 Å². The minimum Gasteiger partial charge on any atom is -0.481 e. The molecule has 5 saturated carbocycles. The molecule has 10 unspecified atom stereocenters. The smallest absolute Gasteiger partial charge is 0.310 e. The van der Waals surface area contributed by atoms with Crippen molar-refractivity contribution in [3.63, 3.8) is 0 Å². The van der Waals surface area contributed by atoms with E-state index < -0.39 is 11.4 Å². The molecule has 0 heterocycles. The van der Waals surface area contributed by atoms with E-state index in [0.29, 0.717) is 17.8 Å². The van der Waals surface area contributed by atoms with E-state index in [1.807, 2.05) is 0 Å². The summed E-state index contributed by atoms with van der Waals surface area (Å²) in [4.78, 5) is 12.8. The molecule has 3 nitrogen and oxygen atoms in total. The Balaban J connectivity index is 1.47. The Hall–Kier alpha value is -0.830. The molecule has 6 aliphatic rings. The van der Waals surface area contributed by atoms with Gasteiger partial charge in [-0.15, -0.1) is 0 Å². The van der Waals surface area contributed by atoms with Crippen LogP contribution in [0.5, 0.6) is 0 Å². The molecule has 0 aliphatic heterocycles. The number of hydrogen-bond donors (Lipinski definition) is 2. The first-order valence-corrected chi connectivity index (χ1v) is 13.4. The number of carbonyl (C=O) groups is 1. The first-order chi connectivity index (χ1) is 14.8. The topological polar surface area (TPSA) is 57.5 Å². The Labute approximate surface area is 194 Å². The van der Waals surface area contributed by atoms with Crippen LogP contribution in [0.25, 0.3) is 0 Å². The molecule has 0 aromatic carbocycles. The summed E-state index contributed by atoms with van der Waals surface area (Å²) in [5.74, 6) is 1.25. The maximum absolute atomic E-state index is 12.8. The summed E-state index contributed by atoms with van der Waals surface area (Å²) in [6.07, 6.45) is 12.1. The number of carboxylic acids is 1. The third kappa shape index (κ3) is 2.05. The fourth-order valence-corrected chi connectivity index (χ4v) is 11.8. The summed E-state index contributed by atoms with van der Waals surface area (Å²) < 4.78 is 0. The van der Waals surface area contributed by atoms with E-state index >= 15 is 0 Å².